The third-order valence-electron chi connectivity index (χ3n) is 2.68. The van der Waals surface area contributed by atoms with Crippen molar-refractivity contribution in [3.63, 3.8) is 0 Å². The Kier molecular flexibility index (Phi) is 4.22. The fourth-order valence-corrected chi connectivity index (χ4v) is 1.73. The van der Waals surface area contributed by atoms with Crippen LogP contribution < -0.4 is 0 Å². The summed E-state index contributed by atoms with van der Waals surface area (Å²) in [6.07, 6.45) is 6.50. The first kappa shape index (κ1) is 11.7. The molecule has 3 heteroatoms. The highest BCUT2D eigenvalue weighted by Gasteiger charge is 2.01. The van der Waals surface area contributed by atoms with E-state index in [0.717, 1.165) is 25.2 Å². The Bertz CT molecular complexity index is 428. The molecule has 0 saturated heterocycles. The molecule has 0 radical (unpaired) electrons. The zero-order chi connectivity index (χ0) is 11.9. The molecule has 0 fully saturated rings. The summed E-state index contributed by atoms with van der Waals surface area (Å²) in [5.74, 6) is 0. The van der Waals surface area contributed by atoms with Crippen LogP contribution in [0.1, 0.15) is 11.3 Å². The van der Waals surface area contributed by atoms with E-state index in [2.05, 4.69) is 40.1 Å². The lowest BCUT2D eigenvalue weighted by atomic mass is 10.2. The van der Waals surface area contributed by atoms with Crippen molar-refractivity contribution in [2.45, 2.75) is 13.0 Å². The van der Waals surface area contributed by atoms with E-state index in [-0.39, 0.29) is 0 Å². The van der Waals surface area contributed by atoms with Crippen molar-refractivity contribution in [3.8, 4) is 0 Å². The minimum absolute atomic E-state index is 0.954. The van der Waals surface area contributed by atoms with Gasteiger partial charge in [-0.3, -0.25) is 9.97 Å². The first-order chi connectivity index (χ1) is 8.34. The van der Waals surface area contributed by atoms with Crippen LogP contribution in [0.15, 0.2) is 48.9 Å². The van der Waals surface area contributed by atoms with Crippen molar-refractivity contribution < 1.29 is 0 Å². The third-order valence-corrected chi connectivity index (χ3v) is 2.68. The molecule has 0 unspecified atom stereocenters. The van der Waals surface area contributed by atoms with E-state index in [1.807, 2.05) is 30.7 Å². The third kappa shape index (κ3) is 3.96. The molecule has 2 heterocycles. The fourth-order valence-electron chi connectivity index (χ4n) is 1.73. The van der Waals surface area contributed by atoms with Crippen molar-refractivity contribution >= 4 is 0 Å². The molecule has 3 nitrogen and oxygen atoms in total. The summed E-state index contributed by atoms with van der Waals surface area (Å²) in [5.41, 5.74) is 2.44. The average molecular weight is 227 g/mol. The molecule has 0 aliphatic carbocycles. The minimum Gasteiger partial charge on any atom is -0.302 e. The number of pyridine rings is 2. The summed E-state index contributed by atoms with van der Waals surface area (Å²) < 4.78 is 0. The van der Waals surface area contributed by atoms with Gasteiger partial charge in [-0.05, 0) is 36.9 Å². The van der Waals surface area contributed by atoms with Gasteiger partial charge in [0.15, 0.2) is 0 Å². The van der Waals surface area contributed by atoms with Gasteiger partial charge in [-0.1, -0.05) is 6.07 Å². The molecule has 0 N–H and O–H groups in total. The van der Waals surface area contributed by atoms with E-state index in [9.17, 15) is 0 Å². The first-order valence-corrected chi connectivity index (χ1v) is 5.82. The molecular formula is C14H17N3. The van der Waals surface area contributed by atoms with Gasteiger partial charge in [-0.2, -0.15) is 0 Å². The lowest BCUT2D eigenvalue weighted by Gasteiger charge is -2.16. The van der Waals surface area contributed by atoms with Gasteiger partial charge < -0.3 is 4.90 Å². The number of aromatic nitrogens is 2. The molecule has 2 rings (SSSR count). The summed E-state index contributed by atoms with van der Waals surface area (Å²) in [6, 6.07) is 10.2. The highest BCUT2D eigenvalue weighted by molar-refractivity contribution is 5.09. The van der Waals surface area contributed by atoms with Crippen LogP contribution in [0.25, 0.3) is 0 Å². The molecule has 0 atom stereocenters. The quantitative estimate of drug-likeness (QED) is 0.783. The molecule has 2 aromatic heterocycles. The first-order valence-electron chi connectivity index (χ1n) is 5.82. The van der Waals surface area contributed by atoms with Crippen LogP contribution in [0.4, 0.5) is 0 Å². The summed E-state index contributed by atoms with van der Waals surface area (Å²) >= 11 is 0. The van der Waals surface area contributed by atoms with Crippen LogP contribution in [0.5, 0.6) is 0 Å². The standard InChI is InChI=1S/C14H17N3/c1-17(12-13-5-9-15-10-6-13)11-7-14-4-2-3-8-16-14/h2-6,8-10H,7,11-12H2,1H3. The number of likely N-dealkylation sites (N-methyl/N-ethyl adjacent to an activating group) is 1. The molecule has 88 valence electrons. The van der Waals surface area contributed by atoms with Gasteiger partial charge in [0.05, 0.1) is 0 Å². The molecule has 0 bridgehead atoms. The van der Waals surface area contributed by atoms with Crippen LogP contribution in [-0.2, 0) is 13.0 Å². The zero-order valence-electron chi connectivity index (χ0n) is 10.1. The topological polar surface area (TPSA) is 29.0 Å². The SMILES string of the molecule is CN(CCc1ccccn1)Cc1ccncc1. The number of nitrogens with zero attached hydrogens (tertiary/aromatic N) is 3. The van der Waals surface area contributed by atoms with Gasteiger partial charge in [0.1, 0.15) is 0 Å². The van der Waals surface area contributed by atoms with Gasteiger partial charge in [0.2, 0.25) is 0 Å². The largest absolute Gasteiger partial charge is 0.302 e. The van der Waals surface area contributed by atoms with Crippen molar-refractivity contribution in [1.82, 2.24) is 14.9 Å². The van der Waals surface area contributed by atoms with Crippen molar-refractivity contribution in [2.75, 3.05) is 13.6 Å². The molecular weight excluding hydrogens is 210 g/mol. The van der Waals surface area contributed by atoms with Gasteiger partial charge in [0.25, 0.3) is 0 Å². The van der Waals surface area contributed by atoms with Crippen LogP contribution >= 0.6 is 0 Å². The Morgan fingerprint density at radius 3 is 2.59 bits per heavy atom. The maximum absolute atomic E-state index is 4.32. The van der Waals surface area contributed by atoms with Crippen LogP contribution in [0, 0.1) is 0 Å². The Balaban J connectivity index is 1.80. The maximum atomic E-state index is 4.32. The molecule has 2 aromatic rings. The van der Waals surface area contributed by atoms with E-state index in [4.69, 9.17) is 0 Å². The normalized spacial score (nSPS) is 10.7. The van der Waals surface area contributed by atoms with Crippen LogP contribution in [-0.4, -0.2) is 28.5 Å². The van der Waals surface area contributed by atoms with Gasteiger partial charge in [-0.15, -0.1) is 0 Å². The molecule has 0 aromatic carbocycles. The van der Waals surface area contributed by atoms with Crippen LogP contribution in [0.2, 0.25) is 0 Å². The molecule has 0 spiro atoms. The second-order valence-electron chi connectivity index (χ2n) is 4.16. The molecule has 0 saturated carbocycles. The van der Waals surface area contributed by atoms with Gasteiger partial charge >= 0.3 is 0 Å². The van der Waals surface area contributed by atoms with Crippen molar-refractivity contribution in [3.05, 3.63) is 60.2 Å². The Morgan fingerprint density at radius 2 is 1.88 bits per heavy atom. The molecule has 0 amide bonds. The fraction of sp³-hybridized carbons (Fsp3) is 0.286. The Labute approximate surface area is 102 Å². The number of rotatable bonds is 5. The minimum atomic E-state index is 0.954. The van der Waals surface area contributed by atoms with E-state index in [1.165, 1.54) is 5.56 Å². The number of hydrogen-bond donors (Lipinski definition) is 0. The lowest BCUT2D eigenvalue weighted by molar-refractivity contribution is 0.330. The predicted octanol–water partition coefficient (Wildman–Crippen LogP) is 2.15. The monoisotopic (exact) mass is 227 g/mol. The average Bonchev–Trinajstić information content (AvgIpc) is 2.39. The van der Waals surface area contributed by atoms with E-state index < -0.39 is 0 Å². The van der Waals surface area contributed by atoms with Gasteiger partial charge in [0, 0.05) is 43.8 Å². The Hall–Kier alpha value is -1.74. The van der Waals surface area contributed by atoms with Gasteiger partial charge in [-0.25, -0.2) is 0 Å². The molecule has 0 aliphatic rings. The van der Waals surface area contributed by atoms with Crippen molar-refractivity contribution in [2.24, 2.45) is 0 Å². The second-order valence-corrected chi connectivity index (χ2v) is 4.16. The highest BCUT2D eigenvalue weighted by Crippen LogP contribution is 2.02. The number of hydrogen-bond acceptors (Lipinski definition) is 3. The predicted molar refractivity (Wildman–Crippen MR) is 68.5 cm³/mol. The summed E-state index contributed by atoms with van der Waals surface area (Å²) in [7, 11) is 2.13. The van der Waals surface area contributed by atoms with E-state index in [0.29, 0.717) is 0 Å². The summed E-state index contributed by atoms with van der Waals surface area (Å²) in [5, 5.41) is 0. The summed E-state index contributed by atoms with van der Waals surface area (Å²) in [6.45, 7) is 1.97. The van der Waals surface area contributed by atoms with E-state index >= 15 is 0 Å². The maximum Gasteiger partial charge on any atom is 0.0416 e. The lowest BCUT2D eigenvalue weighted by Crippen LogP contribution is -2.21. The van der Waals surface area contributed by atoms with Crippen LogP contribution in [0.3, 0.4) is 0 Å². The summed E-state index contributed by atoms with van der Waals surface area (Å²) in [4.78, 5) is 10.6. The highest BCUT2D eigenvalue weighted by atomic mass is 15.1. The second kappa shape index (κ2) is 6.11. The molecule has 0 aliphatic heterocycles. The smallest absolute Gasteiger partial charge is 0.0416 e. The van der Waals surface area contributed by atoms with Crippen molar-refractivity contribution in [1.29, 1.82) is 0 Å². The zero-order valence-corrected chi connectivity index (χ0v) is 10.1. The molecule has 17 heavy (non-hydrogen) atoms. The van der Waals surface area contributed by atoms with E-state index in [1.54, 1.807) is 0 Å². The Morgan fingerprint density at radius 1 is 1.06 bits per heavy atom.